The van der Waals surface area contributed by atoms with Crippen molar-refractivity contribution in [2.45, 2.75) is 51.8 Å². The lowest BCUT2D eigenvalue weighted by molar-refractivity contribution is 0.0285. The molecular weight excluding hydrogens is 290 g/mol. The molecule has 1 fully saturated rings. The summed E-state index contributed by atoms with van der Waals surface area (Å²) in [5.41, 5.74) is 1.72. The summed E-state index contributed by atoms with van der Waals surface area (Å²) in [5.74, 6) is 0. The molecular formula is C18H29N3O2. The van der Waals surface area contributed by atoms with E-state index in [1.54, 1.807) is 11.9 Å². The first-order chi connectivity index (χ1) is 10.8. The molecule has 5 heteroatoms. The number of anilines is 1. The van der Waals surface area contributed by atoms with Crippen LogP contribution in [0.5, 0.6) is 0 Å². The lowest BCUT2D eigenvalue weighted by atomic mass is 10.1. The summed E-state index contributed by atoms with van der Waals surface area (Å²) in [6, 6.07) is 8.60. The number of ether oxygens (including phenoxy) is 1. The van der Waals surface area contributed by atoms with Gasteiger partial charge in [0.2, 0.25) is 0 Å². The number of amides is 1. The normalized spacial score (nSPS) is 18.3. The van der Waals surface area contributed by atoms with Crippen molar-refractivity contribution >= 4 is 11.8 Å². The Labute approximate surface area is 139 Å². The largest absolute Gasteiger partial charge is 0.444 e. The van der Waals surface area contributed by atoms with Crippen molar-refractivity contribution in [3.05, 3.63) is 29.8 Å². The second-order valence-electron chi connectivity index (χ2n) is 7.18. The standard InChI is InChI=1S/C18H29N3O2/c1-18(2,3)23-17(22)21(4)13-14-8-5-6-10-16(14)20-15-9-7-11-19-12-15/h5-6,8,10,15,19-20H,7,9,11-13H2,1-4H3. The fourth-order valence-corrected chi connectivity index (χ4v) is 2.65. The zero-order chi connectivity index (χ0) is 16.9. The van der Waals surface area contributed by atoms with Crippen molar-refractivity contribution < 1.29 is 9.53 Å². The van der Waals surface area contributed by atoms with Gasteiger partial charge in [-0.3, -0.25) is 0 Å². The fraction of sp³-hybridized carbons (Fsp3) is 0.611. The lowest BCUT2D eigenvalue weighted by Crippen LogP contribution is -2.39. The van der Waals surface area contributed by atoms with Gasteiger partial charge in [-0.15, -0.1) is 0 Å². The summed E-state index contributed by atoms with van der Waals surface area (Å²) in [5, 5.41) is 7.01. The molecule has 1 aromatic carbocycles. The highest BCUT2D eigenvalue weighted by Gasteiger charge is 2.21. The van der Waals surface area contributed by atoms with E-state index in [0.29, 0.717) is 12.6 Å². The second-order valence-corrected chi connectivity index (χ2v) is 7.18. The number of carbonyl (C=O) groups excluding carboxylic acids is 1. The Kier molecular flexibility index (Phi) is 5.88. The van der Waals surface area contributed by atoms with Gasteiger partial charge in [-0.05, 0) is 51.8 Å². The summed E-state index contributed by atoms with van der Waals surface area (Å²) < 4.78 is 5.42. The van der Waals surface area contributed by atoms with Gasteiger partial charge in [0, 0.05) is 25.3 Å². The lowest BCUT2D eigenvalue weighted by Gasteiger charge is -2.28. The number of carbonyl (C=O) groups is 1. The number of piperidine rings is 1. The Bertz CT molecular complexity index is 519. The van der Waals surface area contributed by atoms with Crippen LogP contribution in [0.15, 0.2) is 24.3 Å². The van der Waals surface area contributed by atoms with Gasteiger partial charge in [0.05, 0.1) is 6.54 Å². The van der Waals surface area contributed by atoms with Crippen molar-refractivity contribution in [3.8, 4) is 0 Å². The molecule has 23 heavy (non-hydrogen) atoms. The van der Waals surface area contributed by atoms with Gasteiger partial charge in [0.15, 0.2) is 0 Å². The van der Waals surface area contributed by atoms with E-state index in [1.807, 2.05) is 32.9 Å². The molecule has 1 heterocycles. The molecule has 0 bridgehead atoms. The highest BCUT2D eigenvalue weighted by molar-refractivity contribution is 5.68. The molecule has 0 saturated carbocycles. The van der Waals surface area contributed by atoms with Gasteiger partial charge >= 0.3 is 6.09 Å². The number of hydrogen-bond donors (Lipinski definition) is 2. The molecule has 5 nitrogen and oxygen atoms in total. The van der Waals surface area contributed by atoms with Crippen molar-refractivity contribution in [1.29, 1.82) is 0 Å². The minimum Gasteiger partial charge on any atom is -0.444 e. The molecule has 0 spiro atoms. The van der Waals surface area contributed by atoms with Crippen LogP contribution < -0.4 is 10.6 Å². The van der Waals surface area contributed by atoms with Gasteiger partial charge in [0.25, 0.3) is 0 Å². The maximum atomic E-state index is 12.1. The molecule has 2 rings (SSSR count). The average molecular weight is 319 g/mol. The molecule has 1 atom stereocenters. The number of benzene rings is 1. The maximum Gasteiger partial charge on any atom is 0.410 e. The van der Waals surface area contributed by atoms with Gasteiger partial charge in [0.1, 0.15) is 5.60 Å². The van der Waals surface area contributed by atoms with E-state index in [2.05, 4.69) is 22.8 Å². The number of nitrogens with one attached hydrogen (secondary N) is 2. The fourth-order valence-electron chi connectivity index (χ4n) is 2.65. The van der Waals surface area contributed by atoms with E-state index in [9.17, 15) is 4.79 Å². The maximum absolute atomic E-state index is 12.1. The van der Waals surface area contributed by atoms with Gasteiger partial charge < -0.3 is 20.3 Å². The first-order valence-electron chi connectivity index (χ1n) is 8.34. The van der Waals surface area contributed by atoms with Crippen LogP contribution in [0.3, 0.4) is 0 Å². The van der Waals surface area contributed by atoms with E-state index in [0.717, 1.165) is 24.3 Å². The number of hydrogen-bond acceptors (Lipinski definition) is 4. The second kappa shape index (κ2) is 7.68. The van der Waals surface area contributed by atoms with E-state index >= 15 is 0 Å². The van der Waals surface area contributed by atoms with Crippen LogP contribution >= 0.6 is 0 Å². The van der Waals surface area contributed by atoms with E-state index in [-0.39, 0.29) is 6.09 Å². The minimum absolute atomic E-state index is 0.299. The topological polar surface area (TPSA) is 53.6 Å². The van der Waals surface area contributed by atoms with Crippen molar-refractivity contribution in [1.82, 2.24) is 10.2 Å². The Morgan fingerprint density at radius 1 is 1.39 bits per heavy atom. The monoisotopic (exact) mass is 319 g/mol. The molecule has 1 saturated heterocycles. The molecule has 1 aliphatic heterocycles. The van der Waals surface area contributed by atoms with Crippen LogP contribution in [-0.2, 0) is 11.3 Å². The summed E-state index contributed by atoms with van der Waals surface area (Å²) in [7, 11) is 1.77. The van der Waals surface area contributed by atoms with Gasteiger partial charge in [-0.25, -0.2) is 4.79 Å². The molecule has 0 aliphatic carbocycles. The van der Waals surface area contributed by atoms with Crippen LogP contribution in [0.25, 0.3) is 0 Å². The number of para-hydroxylation sites is 1. The molecule has 2 N–H and O–H groups in total. The molecule has 1 aromatic rings. The number of nitrogens with zero attached hydrogens (tertiary/aromatic N) is 1. The number of rotatable bonds is 4. The van der Waals surface area contributed by atoms with Crippen molar-refractivity contribution in [2.24, 2.45) is 0 Å². The Hall–Kier alpha value is -1.75. The van der Waals surface area contributed by atoms with E-state index < -0.39 is 5.60 Å². The molecule has 0 aromatic heterocycles. The zero-order valence-corrected chi connectivity index (χ0v) is 14.7. The molecule has 128 valence electrons. The third kappa shape index (κ3) is 5.75. The van der Waals surface area contributed by atoms with Crippen LogP contribution in [0.2, 0.25) is 0 Å². The predicted octanol–water partition coefficient (Wildman–Crippen LogP) is 3.22. The zero-order valence-electron chi connectivity index (χ0n) is 14.7. The van der Waals surface area contributed by atoms with Crippen LogP contribution in [0, 0.1) is 0 Å². The smallest absolute Gasteiger partial charge is 0.410 e. The Morgan fingerprint density at radius 3 is 2.78 bits per heavy atom. The molecule has 1 amide bonds. The molecule has 1 aliphatic rings. The van der Waals surface area contributed by atoms with Crippen LogP contribution in [0.1, 0.15) is 39.2 Å². The van der Waals surface area contributed by atoms with Crippen molar-refractivity contribution in [3.63, 3.8) is 0 Å². The van der Waals surface area contributed by atoms with Crippen molar-refractivity contribution in [2.75, 3.05) is 25.5 Å². The first kappa shape index (κ1) is 17.6. The average Bonchev–Trinajstić information content (AvgIpc) is 2.48. The Balaban J connectivity index is 2.00. The highest BCUT2D eigenvalue weighted by Crippen LogP contribution is 2.20. The van der Waals surface area contributed by atoms with Crippen LogP contribution in [-0.4, -0.2) is 42.8 Å². The summed E-state index contributed by atoms with van der Waals surface area (Å²) in [4.78, 5) is 13.8. The summed E-state index contributed by atoms with van der Waals surface area (Å²) >= 11 is 0. The van der Waals surface area contributed by atoms with Gasteiger partial charge in [-0.2, -0.15) is 0 Å². The summed E-state index contributed by atoms with van der Waals surface area (Å²) in [6.07, 6.45) is 2.06. The van der Waals surface area contributed by atoms with Gasteiger partial charge in [-0.1, -0.05) is 18.2 Å². The summed E-state index contributed by atoms with van der Waals surface area (Å²) in [6.45, 7) is 8.24. The van der Waals surface area contributed by atoms with Crippen LogP contribution in [0.4, 0.5) is 10.5 Å². The molecule has 0 radical (unpaired) electrons. The Morgan fingerprint density at radius 2 is 2.13 bits per heavy atom. The first-order valence-corrected chi connectivity index (χ1v) is 8.34. The highest BCUT2D eigenvalue weighted by atomic mass is 16.6. The quantitative estimate of drug-likeness (QED) is 0.895. The predicted molar refractivity (Wildman–Crippen MR) is 93.7 cm³/mol. The SMILES string of the molecule is CN(Cc1ccccc1NC1CCCNC1)C(=O)OC(C)(C)C. The van der Waals surface area contributed by atoms with E-state index in [1.165, 1.54) is 12.8 Å². The van der Waals surface area contributed by atoms with E-state index in [4.69, 9.17) is 4.74 Å². The minimum atomic E-state index is -0.475. The third-order valence-electron chi connectivity index (χ3n) is 3.79. The third-order valence-corrected chi connectivity index (χ3v) is 3.79. The molecule has 1 unspecified atom stereocenters.